The first-order chi connectivity index (χ1) is 6.85. The molecule has 0 aromatic carbocycles. The van der Waals surface area contributed by atoms with E-state index in [-0.39, 0.29) is 0 Å². The van der Waals surface area contributed by atoms with E-state index in [1.807, 2.05) is 7.11 Å². The van der Waals surface area contributed by atoms with Gasteiger partial charge in [0.25, 0.3) is 0 Å². The van der Waals surface area contributed by atoms with E-state index >= 15 is 0 Å². The molecule has 0 heterocycles. The first-order valence-electron chi connectivity index (χ1n) is 5.62. The van der Waals surface area contributed by atoms with Crippen molar-refractivity contribution < 1.29 is 9.47 Å². The number of hydrogen-bond acceptors (Lipinski definition) is 2. The minimum atomic E-state index is 0.493. The molecule has 0 radical (unpaired) electrons. The highest BCUT2D eigenvalue weighted by atomic mass is 16.5. The zero-order valence-electron chi connectivity index (χ0n) is 9.16. The molecular formula is C12H20O2. The summed E-state index contributed by atoms with van der Waals surface area (Å²) in [6, 6.07) is 0. The van der Waals surface area contributed by atoms with Crippen LogP contribution in [0.25, 0.3) is 0 Å². The van der Waals surface area contributed by atoms with Crippen LogP contribution in [0.3, 0.4) is 0 Å². The molecule has 1 saturated carbocycles. The zero-order chi connectivity index (χ0) is 9.97. The van der Waals surface area contributed by atoms with Crippen LogP contribution in [0.5, 0.6) is 0 Å². The van der Waals surface area contributed by atoms with Crippen molar-refractivity contribution in [3.05, 3.63) is 11.8 Å². The molecule has 14 heavy (non-hydrogen) atoms. The van der Waals surface area contributed by atoms with E-state index in [1.54, 1.807) is 7.11 Å². The van der Waals surface area contributed by atoms with Crippen molar-refractivity contribution in [1.29, 1.82) is 0 Å². The van der Waals surface area contributed by atoms with Crippen molar-refractivity contribution in [3.8, 4) is 0 Å². The summed E-state index contributed by atoms with van der Waals surface area (Å²) in [5.41, 5.74) is 0. The van der Waals surface area contributed by atoms with Gasteiger partial charge in [0.05, 0.1) is 19.0 Å². The molecule has 1 fully saturated rings. The van der Waals surface area contributed by atoms with E-state index in [4.69, 9.17) is 9.47 Å². The van der Waals surface area contributed by atoms with E-state index in [0.29, 0.717) is 12.0 Å². The minimum absolute atomic E-state index is 0.493. The van der Waals surface area contributed by atoms with Crippen LogP contribution in [0.2, 0.25) is 0 Å². The van der Waals surface area contributed by atoms with Crippen LogP contribution in [-0.4, -0.2) is 20.3 Å². The third-order valence-electron chi connectivity index (χ3n) is 3.75. The average Bonchev–Trinajstić information content (AvgIpc) is 2.27. The number of rotatable bonds is 2. The summed E-state index contributed by atoms with van der Waals surface area (Å²) in [7, 11) is 3.64. The maximum atomic E-state index is 5.45. The molecule has 2 nitrogen and oxygen atoms in total. The zero-order valence-corrected chi connectivity index (χ0v) is 9.16. The number of hydrogen-bond donors (Lipinski definition) is 0. The van der Waals surface area contributed by atoms with Crippen molar-refractivity contribution in [2.24, 2.45) is 11.8 Å². The first kappa shape index (κ1) is 10.0. The summed E-state index contributed by atoms with van der Waals surface area (Å²) in [6.45, 7) is 0. The highest BCUT2D eigenvalue weighted by Gasteiger charge is 2.34. The highest BCUT2D eigenvalue weighted by Crippen LogP contribution is 2.41. The van der Waals surface area contributed by atoms with Crippen LogP contribution >= 0.6 is 0 Å². The van der Waals surface area contributed by atoms with Crippen LogP contribution in [0.4, 0.5) is 0 Å². The van der Waals surface area contributed by atoms with E-state index in [1.165, 1.54) is 37.9 Å². The largest absolute Gasteiger partial charge is 0.501 e. The molecule has 0 aromatic heterocycles. The summed E-state index contributed by atoms with van der Waals surface area (Å²) in [6.07, 6.45) is 8.92. The summed E-state index contributed by atoms with van der Waals surface area (Å²) < 4.78 is 10.9. The van der Waals surface area contributed by atoms with Gasteiger partial charge in [-0.3, -0.25) is 0 Å². The Morgan fingerprint density at radius 1 is 1.21 bits per heavy atom. The van der Waals surface area contributed by atoms with Gasteiger partial charge in [-0.2, -0.15) is 0 Å². The normalized spacial score (nSPS) is 37.3. The number of fused-ring (bicyclic) bond motifs is 1. The Kier molecular flexibility index (Phi) is 3.12. The number of methoxy groups -OCH3 is 2. The quantitative estimate of drug-likeness (QED) is 0.676. The smallest absolute Gasteiger partial charge is 0.0949 e. The van der Waals surface area contributed by atoms with Crippen molar-refractivity contribution in [2.45, 2.75) is 38.2 Å². The lowest BCUT2D eigenvalue weighted by atomic mass is 9.72. The maximum Gasteiger partial charge on any atom is 0.0949 e. The second kappa shape index (κ2) is 4.35. The Bertz CT molecular complexity index is 222. The van der Waals surface area contributed by atoms with Gasteiger partial charge in [0.1, 0.15) is 0 Å². The molecule has 3 unspecified atom stereocenters. The van der Waals surface area contributed by atoms with Gasteiger partial charge in [0.2, 0.25) is 0 Å². The molecule has 0 aromatic rings. The van der Waals surface area contributed by atoms with Gasteiger partial charge >= 0.3 is 0 Å². The van der Waals surface area contributed by atoms with Crippen molar-refractivity contribution in [1.82, 2.24) is 0 Å². The molecule has 80 valence electrons. The molecule has 3 atom stereocenters. The van der Waals surface area contributed by atoms with Crippen LogP contribution < -0.4 is 0 Å². The lowest BCUT2D eigenvalue weighted by Gasteiger charge is -2.38. The Morgan fingerprint density at radius 2 is 2.07 bits per heavy atom. The molecule has 2 heteroatoms. The summed E-state index contributed by atoms with van der Waals surface area (Å²) in [5.74, 6) is 2.71. The van der Waals surface area contributed by atoms with Crippen molar-refractivity contribution >= 4 is 0 Å². The lowest BCUT2D eigenvalue weighted by molar-refractivity contribution is 0.0188. The van der Waals surface area contributed by atoms with Gasteiger partial charge in [-0.1, -0.05) is 0 Å². The van der Waals surface area contributed by atoms with Crippen LogP contribution in [-0.2, 0) is 9.47 Å². The molecule has 2 aliphatic carbocycles. The molecule has 0 saturated heterocycles. The van der Waals surface area contributed by atoms with Gasteiger partial charge in [-0.15, -0.1) is 0 Å². The fourth-order valence-corrected chi connectivity index (χ4v) is 2.95. The standard InChI is InChI=1S/C12H20O2/c1-13-10-6-7-11-9(8-10)4-3-5-12(11)14-2/h5,9-11H,3-4,6-8H2,1-2H3. The fourth-order valence-electron chi connectivity index (χ4n) is 2.95. The Morgan fingerprint density at radius 3 is 2.79 bits per heavy atom. The molecule has 0 aliphatic heterocycles. The van der Waals surface area contributed by atoms with E-state index in [9.17, 15) is 0 Å². The van der Waals surface area contributed by atoms with Crippen LogP contribution in [0.15, 0.2) is 11.8 Å². The van der Waals surface area contributed by atoms with E-state index in [2.05, 4.69) is 6.08 Å². The minimum Gasteiger partial charge on any atom is -0.501 e. The second-order valence-electron chi connectivity index (χ2n) is 4.43. The number of allylic oxidation sites excluding steroid dienone is 2. The third-order valence-corrected chi connectivity index (χ3v) is 3.75. The molecule has 0 spiro atoms. The summed E-state index contributed by atoms with van der Waals surface area (Å²) in [5, 5.41) is 0. The van der Waals surface area contributed by atoms with Gasteiger partial charge in [0, 0.05) is 13.0 Å². The van der Waals surface area contributed by atoms with Crippen molar-refractivity contribution in [3.63, 3.8) is 0 Å². The molecular weight excluding hydrogens is 176 g/mol. The lowest BCUT2D eigenvalue weighted by Crippen LogP contribution is -2.32. The molecule has 2 aliphatic rings. The topological polar surface area (TPSA) is 18.5 Å². The molecule has 2 rings (SSSR count). The second-order valence-corrected chi connectivity index (χ2v) is 4.43. The SMILES string of the molecule is COC1=CCCC2CC(OC)CCC12. The van der Waals surface area contributed by atoms with Gasteiger partial charge in [-0.05, 0) is 44.1 Å². The first-order valence-corrected chi connectivity index (χ1v) is 5.62. The summed E-state index contributed by atoms with van der Waals surface area (Å²) in [4.78, 5) is 0. The monoisotopic (exact) mass is 196 g/mol. The van der Waals surface area contributed by atoms with Crippen molar-refractivity contribution in [2.75, 3.05) is 14.2 Å². The van der Waals surface area contributed by atoms with Crippen LogP contribution in [0.1, 0.15) is 32.1 Å². The fraction of sp³-hybridized carbons (Fsp3) is 0.833. The maximum absolute atomic E-state index is 5.45. The third kappa shape index (κ3) is 1.81. The predicted octanol–water partition coefficient (Wildman–Crippen LogP) is 2.74. The summed E-state index contributed by atoms with van der Waals surface area (Å²) >= 11 is 0. The van der Waals surface area contributed by atoms with E-state index in [0.717, 1.165) is 5.92 Å². The van der Waals surface area contributed by atoms with Crippen LogP contribution in [0, 0.1) is 11.8 Å². The van der Waals surface area contributed by atoms with Gasteiger partial charge in [-0.25, -0.2) is 0 Å². The van der Waals surface area contributed by atoms with Gasteiger partial charge < -0.3 is 9.47 Å². The van der Waals surface area contributed by atoms with Gasteiger partial charge in [0.15, 0.2) is 0 Å². The average molecular weight is 196 g/mol. The molecule has 0 N–H and O–H groups in total. The Balaban J connectivity index is 2.03. The number of ether oxygens (including phenoxy) is 2. The molecule has 0 amide bonds. The Labute approximate surface area is 86.3 Å². The Hall–Kier alpha value is -0.500. The van der Waals surface area contributed by atoms with E-state index < -0.39 is 0 Å². The highest BCUT2D eigenvalue weighted by molar-refractivity contribution is 5.07. The predicted molar refractivity (Wildman–Crippen MR) is 56.0 cm³/mol. The molecule has 0 bridgehead atoms.